The van der Waals surface area contributed by atoms with Gasteiger partial charge in [0.1, 0.15) is 0 Å². The monoisotopic (exact) mass is 363 g/mol. The SMILES string of the molecule is CSc1cc(C(=O)N2CC(C(=O)O)O[C@H](C)C2)c(Cl)cc1Cl. The Labute approximate surface area is 142 Å². The van der Waals surface area contributed by atoms with Crippen LogP contribution in [-0.2, 0) is 9.53 Å². The number of carbonyl (C=O) groups is 2. The molecule has 1 aromatic carbocycles. The first-order chi connectivity index (χ1) is 10.3. The predicted molar refractivity (Wildman–Crippen MR) is 86.1 cm³/mol. The van der Waals surface area contributed by atoms with Crippen LogP contribution < -0.4 is 0 Å². The number of carboxylic acid groups (broad SMARTS) is 1. The maximum Gasteiger partial charge on any atom is 0.334 e. The van der Waals surface area contributed by atoms with Crippen molar-refractivity contribution < 1.29 is 19.4 Å². The van der Waals surface area contributed by atoms with Gasteiger partial charge in [-0.3, -0.25) is 4.79 Å². The minimum Gasteiger partial charge on any atom is -0.479 e. The van der Waals surface area contributed by atoms with Gasteiger partial charge in [-0.15, -0.1) is 11.8 Å². The molecule has 2 atom stereocenters. The van der Waals surface area contributed by atoms with Gasteiger partial charge in [0.05, 0.1) is 28.3 Å². The molecule has 1 aliphatic heterocycles. The zero-order valence-electron chi connectivity index (χ0n) is 12.0. The van der Waals surface area contributed by atoms with E-state index in [-0.39, 0.29) is 23.6 Å². The van der Waals surface area contributed by atoms with Crippen molar-refractivity contribution in [1.82, 2.24) is 4.90 Å². The summed E-state index contributed by atoms with van der Waals surface area (Å²) in [6, 6.07) is 3.16. The van der Waals surface area contributed by atoms with Crippen LogP contribution in [0.1, 0.15) is 17.3 Å². The van der Waals surface area contributed by atoms with Crippen LogP contribution in [0, 0.1) is 0 Å². The van der Waals surface area contributed by atoms with Gasteiger partial charge in [-0.2, -0.15) is 0 Å². The van der Waals surface area contributed by atoms with Crippen molar-refractivity contribution in [3.63, 3.8) is 0 Å². The van der Waals surface area contributed by atoms with Gasteiger partial charge >= 0.3 is 5.97 Å². The summed E-state index contributed by atoms with van der Waals surface area (Å²) in [6.07, 6.45) is 0.462. The number of halogens is 2. The van der Waals surface area contributed by atoms with Crippen LogP contribution in [0.2, 0.25) is 10.0 Å². The van der Waals surface area contributed by atoms with Crippen molar-refractivity contribution in [2.75, 3.05) is 19.3 Å². The standard InChI is InChI=1S/C14H15Cl2NO4S/c1-7-5-17(6-11(21-7)14(19)20)13(18)8-3-12(22-2)10(16)4-9(8)15/h3-4,7,11H,5-6H2,1-2H3,(H,19,20)/t7-,11?/m1/s1. The molecule has 1 amide bonds. The maximum absolute atomic E-state index is 12.7. The lowest BCUT2D eigenvalue weighted by molar-refractivity contribution is -0.160. The van der Waals surface area contributed by atoms with E-state index in [9.17, 15) is 9.59 Å². The van der Waals surface area contributed by atoms with Gasteiger partial charge in [0.25, 0.3) is 5.91 Å². The highest BCUT2D eigenvalue weighted by atomic mass is 35.5. The lowest BCUT2D eigenvalue weighted by Gasteiger charge is -2.35. The number of benzene rings is 1. The average molecular weight is 364 g/mol. The molecule has 8 heteroatoms. The third kappa shape index (κ3) is 3.68. The van der Waals surface area contributed by atoms with E-state index in [2.05, 4.69) is 0 Å². The van der Waals surface area contributed by atoms with E-state index >= 15 is 0 Å². The summed E-state index contributed by atoms with van der Waals surface area (Å²) in [5, 5.41) is 9.82. The molecule has 1 aromatic rings. The summed E-state index contributed by atoms with van der Waals surface area (Å²) in [5.74, 6) is -1.41. The van der Waals surface area contributed by atoms with Gasteiger partial charge in [0, 0.05) is 11.4 Å². The van der Waals surface area contributed by atoms with Crippen molar-refractivity contribution in [2.45, 2.75) is 24.0 Å². The van der Waals surface area contributed by atoms with E-state index in [1.165, 1.54) is 22.7 Å². The zero-order chi connectivity index (χ0) is 16.4. The van der Waals surface area contributed by atoms with Crippen molar-refractivity contribution >= 4 is 46.8 Å². The van der Waals surface area contributed by atoms with E-state index < -0.39 is 12.1 Å². The molecule has 0 spiro atoms. The van der Waals surface area contributed by atoms with E-state index in [0.29, 0.717) is 17.1 Å². The van der Waals surface area contributed by atoms with E-state index in [1.54, 1.807) is 13.0 Å². The second-order valence-electron chi connectivity index (χ2n) is 4.95. The number of morpholine rings is 1. The number of hydrogen-bond acceptors (Lipinski definition) is 4. The normalized spacial score (nSPS) is 21.7. The zero-order valence-corrected chi connectivity index (χ0v) is 14.3. The first-order valence-corrected chi connectivity index (χ1v) is 8.52. The molecule has 2 rings (SSSR count). The molecule has 1 fully saturated rings. The molecule has 1 aliphatic rings. The topological polar surface area (TPSA) is 66.8 Å². The molecular formula is C14H15Cl2NO4S. The third-order valence-electron chi connectivity index (χ3n) is 3.29. The fraction of sp³-hybridized carbons (Fsp3) is 0.429. The van der Waals surface area contributed by atoms with Crippen LogP contribution in [0.5, 0.6) is 0 Å². The van der Waals surface area contributed by atoms with Crippen LogP contribution in [0.25, 0.3) is 0 Å². The first-order valence-electron chi connectivity index (χ1n) is 6.54. The molecule has 0 aliphatic carbocycles. The molecule has 1 N–H and O–H groups in total. The number of thioether (sulfide) groups is 1. The summed E-state index contributed by atoms with van der Waals surface area (Å²) in [4.78, 5) is 26.0. The number of rotatable bonds is 3. The Bertz CT molecular complexity index is 611. The van der Waals surface area contributed by atoms with Crippen molar-refractivity contribution in [2.24, 2.45) is 0 Å². The lowest BCUT2D eigenvalue weighted by Crippen LogP contribution is -2.51. The minimum absolute atomic E-state index is 0.00787. The fourth-order valence-corrected chi connectivity index (χ4v) is 3.46. The molecule has 1 heterocycles. The summed E-state index contributed by atoms with van der Waals surface area (Å²) in [7, 11) is 0. The van der Waals surface area contributed by atoms with Crippen LogP contribution >= 0.6 is 35.0 Å². The highest BCUT2D eigenvalue weighted by molar-refractivity contribution is 7.98. The lowest BCUT2D eigenvalue weighted by atomic mass is 10.1. The van der Waals surface area contributed by atoms with Crippen LogP contribution in [-0.4, -0.2) is 53.4 Å². The van der Waals surface area contributed by atoms with E-state index in [1.807, 2.05) is 6.26 Å². The Morgan fingerprint density at radius 2 is 2.00 bits per heavy atom. The smallest absolute Gasteiger partial charge is 0.334 e. The molecule has 0 bridgehead atoms. The fourth-order valence-electron chi connectivity index (χ4n) is 2.27. The van der Waals surface area contributed by atoms with Gasteiger partial charge < -0.3 is 14.7 Å². The summed E-state index contributed by atoms with van der Waals surface area (Å²) < 4.78 is 5.31. The number of nitrogens with zero attached hydrogens (tertiary/aromatic N) is 1. The second-order valence-corrected chi connectivity index (χ2v) is 6.61. The largest absolute Gasteiger partial charge is 0.479 e. The molecule has 22 heavy (non-hydrogen) atoms. The first kappa shape index (κ1) is 17.4. The summed E-state index contributed by atoms with van der Waals surface area (Å²) in [5.41, 5.74) is 0.314. The Hall–Kier alpha value is -0.950. The number of hydrogen-bond donors (Lipinski definition) is 1. The summed E-state index contributed by atoms with van der Waals surface area (Å²) >= 11 is 13.6. The predicted octanol–water partition coefficient (Wildman–Crippen LogP) is 3.03. The van der Waals surface area contributed by atoms with Crippen molar-refractivity contribution in [1.29, 1.82) is 0 Å². The van der Waals surface area contributed by atoms with Crippen molar-refractivity contribution in [3.05, 3.63) is 27.7 Å². The summed E-state index contributed by atoms with van der Waals surface area (Å²) in [6.45, 7) is 2.04. The number of amides is 1. The molecule has 0 aromatic heterocycles. The molecule has 0 saturated carbocycles. The van der Waals surface area contributed by atoms with Gasteiger partial charge in [-0.05, 0) is 25.3 Å². The average Bonchev–Trinajstić information content (AvgIpc) is 2.46. The maximum atomic E-state index is 12.7. The quantitative estimate of drug-likeness (QED) is 0.836. The Morgan fingerprint density at radius 3 is 2.59 bits per heavy atom. The Morgan fingerprint density at radius 1 is 1.32 bits per heavy atom. The highest BCUT2D eigenvalue weighted by Gasteiger charge is 2.33. The third-order valence-corrected chi connectivity index (χ3v) is 4.81. The molecule has 5 nitrogen and oxygen atoms in total. The second kappa shape index (κ2) is 7.08. The molecule has 1 saturated heterocycles. The van der Waals surface area contributed by atoms with Gasteiger partial charge in [0.2, 0.25) is 0 Å². The molecule has 0 radical (unpaired) electrons. The van der Waals surface area contributed by atoms with Gasteiger partial charge in [-0.1, -0.05) is 23.2 Å². The molecular weight excluding hydrogens is 349 g/mol. The Kier molecular flexibility index (Phi) is 5.60. The molecule has 1 unspecified atom stereocenters. The van der Waals surface area contributed by atoms with Crippen LogP contribution in [0.4, 0.5) is 0 Å². The highest BCUT2D eigenvalue weighted by Crippen LogP contribution is 2.32. The number of carboxylic acids is 1. The van der Waals surface area contributed by atoms with Crippen LogP contribution in [0.3, 0.4) is 0 Å². The van der Waals surface area contributed by atoms with Crippen LogP contribution in [0.15, 0.2) is 17.0 Å². The van der Waals surface area contributed by atoms with E-state index in [4.69, 9.17) is 33.0 Å². The Balaban J connectivity index is 2.29. The van der Waals surface area contributed by atoms with Crippen molar-refractivity contribution in [3.8, 4) is 0 Å². The minimum atomic E-state index is -1.09. The number of ether oxygens (including phenoxy) is 1. The van der Waals surface area contributed by atoms with Gasteiger partial charge in [0.15, 0.2) is 6.10 Å². The van der Waals surface area contributed by atoms with E-state index in [0.717, 1.165) is 4.90 Å². The van der Waals surface area contributed by atoms with Gasteiger partial charge in [-0.25, -0.2) is 4.79 Å². The molecule has 120 valence electrons. The number of carbonyl (C=O) groups excluding carboxylic acids is 1. The number of aliphatic carboxylic acids is 1.